The summed E-state index contributed by atoms with van der Waals surface area (Å²) in [4.78, 5) is 0.166. The molecule has 0 aliphatic heterocycles. The molecule has 0 heterocycles. The van der Waals surface area contributed by atoms with Crippen LogP contribution in [-0.2, 0) is 10.0 Å². The molecule has 2 N–H and O–H groups in total. The number of unbranched alkanes of at least 4 members (excludes halogenated alkanes) is 15. The predicted molar refractivity (Wildman–Crippen MR) is 128 cm³/mol. The second-order valence-corrected chi connectivity index (χ2v) is 10.4. The van der Waals surface area contributed by atoms with Gasteiger partial charge in [-0.1, -0.05) is 109 Å². The van der Waals surface area contributed by atoms with Crippen LogP contribution >= 0.6 is 0 Å². The number of nitrogens with one attached hydrogen (secondary N) is 1. The molecule has 0 spiro atoms. The van der Waals surface area contributed by atoms with E-state index in [-0.39, 0.29) is 10.6 Å². The van der Waals surface area contributed by atoms with Gasteiger partial charge in [-0.05, 0) is 25.0 Å². The molecule has 5 heteroatoms. The van der Waals surface area contributed by atoms with E-state index >= 15 is 0 Å². The van der Waals surface area contributed by atoms with Crippen LogP contribution in [0.5, 0.6) is 5.75 Å². The minimum absolute atomic E-state index is 0.0246. The van der Waals surface area contributed by atoms with Gasteiger partial charge in [-0.25, -0.2) is 13.1 Å². The fraction of sp³-hybridized carbons (Fsp3) is 0.760. The highest BCUT2D eigenvalue weighted by atomic mass is 32.2. The summed E-state index contributed by atoms with van der Waals surface area (Å²) in [6.07, 6.45) is 20.9. The Hall–Kier alpha value is -1.07. The van der Waals surface area contributed by atoms with Gasteiger partial charge < -0.3 is 5.11 Å². The molecule has 0 fully saturated rings. The maximum absolute atomic E-state index is 12.3. The second kappa shape index (κ2) is 16.6. The Morgan fingerprint density at radius 1 is 0.733 bits per heavy atom. The lowest BCUT2D eigenvalue weighted by Crippen LogP contribution is -2.25. The van der Waals surface area contributed by atoms with Crippen LogP contribution in [-0.4, -0.2) is 20.1 Å². The highest BCUT2D eigenvalue weighted by Crippen LogP contribution is 2.20. The normalized spacial score (nSPS) is 11.8. The van der Waals surface area contributed by atoms with E-state index in [1.807, 2.05) is 0 Å². The maximum Gasteiger partial charge on any atom is 0.240 e. The summed E-state index contributed by atoms with van der Waals surface area (Å²) >= 11 is 0. The average molecular weight is 440 g/mol. The molecule has 0 atom stereocenters. The predicted octanol–water partition coefficient (Wildman–Crippen LogP) is 7.24. The van der Waals surface area contributed by atoms with Gasteiger partial charge in [0.15, 0.2) is 0 Å². The van der Waals surface area contributed by atoms with Crippen LogP contribution < -0.4 is 4.72 Å². The highest BCUT2D eigenvalue weighted by Gasteiger charge is 2.16. The van der Waals surface area contributed by atoms with E-state index in [0.29, 0.717) is 12.1 Å². The number of hydrogen-bond donors (Lipinski definition) is 2. The Morgan fingerprint density at radius 2 is 1.17 bits per heavy atom. The van der Waals surface area contributed by atoms with Crippen molar-refractivity contribution in [2.75, 3.05) is 6.54 Å². The summed E-state index contributed by atoms with van der Waals surface area (Å²) in [6, 6.07) is 4.44. The molecule has 0 aliphatic rings. The van der Waals surface area contributed by atoms with Crippen LogP contribution in [0.15, 0.2) is 23.1 Å². The fourth-order valence-electron chi connectivity index (χ4n) is 3.84. The minimum atomic E-state index is -3.54. The quantitative estimate of drug-likeness (QED) is 0.223. The smallest absolute Gasteiger partial charge is 0.240 e. The van der Waals surface area contributed by atoms with Crippen molar-refractivity contribution in [2.45, 2.75) is 121 Å². The SMILES string of the molecule is CCCCCCCCCCCCCCCCCCNS(=O)(=O)c1cc(O)ccc1C. The molecule has 1 aromatic rings. The van der Waals surface area contributed by atoms with Crippen LogP contribution in [0.3, 0.4) is 0 Å². The molecule has 1 rings (SSSR count). The molecule has 0 aromatic heterocycles. The zero-order chi connectivity index (χ0) is 22.1. The Bertz CT molecular complexity index is 658. The first-order valence-electron chi connectivity index (χ1n) is 12.3. The van der Waals surface area contributed by atoms with Gasteiger partial charge in [0, 0.05) is 12.6 Å². The van der Waals surface area contributed by atoms with Gasteiger partial charge in [-0.3, -0.25) is 0 Å². The zero-order valence-corrected chi connectivity index (χ0v) is 20.2. The first-order valence-corrected chi connectivity index (χ1v) is 13.7. The van der Waals surface area contributed by atoms with Crippen molar-refractivity contribution in [1.29, 1.82) is 0 Å². The third-order valence-corrected chi connectivity index (χ3v) is 7.39. The van der Waals surface area contributed by atoms with Crippen LogP contribution in [0.2, 0.25) is 0 Å². The number of phenolic OH excluding ortho intramolecular Hbond substituents is 1. The Morgan fingerprint density at radius 3 is 1.63 bits per heavy atom. The second-order valence-electron chi connectivity index (χ2n) is 8.65. The van der Waals surface area contributed by atoms with E-state index in [4.69, 9.17) is 0 Å². The number of hydrogen-bond acceptors (Lipinski definition) is 3. The molecule has 174 valence electrons. The standard InChI is InChI=1S/C25H45NO3S/c1-3-4-5-6-7-8-9-10-11-12-13-14-15-16-17-18-21-26-30(28,29)25-22-24(27)20-19-23(25)2/h19-20,22,26-27H,3-18,21H2,1-2H3. The van der Waals surface area contributed by atoms with Gasteiger partial charge >= 0.3 is 0 Å². The van der Waals surface area contributed by atoms with E-state index < -0.39 is 10.0 Å². The summed E-state index contributed by atoms with van der Waals surface area (Å²) in [5.74, 6) is -0.0246. The number of sulfonamides is 1. The molecule has 0 aliphatic carbocycles. The number of benzene rings is 1. The van der Waals surface area contributed by atoms with Crippen molar-refractivity contribution in [3.63, 3.8) is 0 Å². The van der Waals surface area contributed by atoms with Gasteiger partial charge in [0.05, 0.1) is 4.90 Å². The maximum atomic E-state index is 12.3. The van der Waals surface area contributed by atoms with Gasteiger partial charge in [0.25, 0.3) is 0 Å². The van der Waals surface area contributed by atoms with Crippen molar-refractivity contribution in [2.24, 2.45) is 0 Å². The summed E-state index contributed by atoms with van der Waals surface area (Å²) in [5, 5.41) is 9.53. The molecule has 4 nitrogen and oxygen atoms in total. The molecular weight excluding hydrogens is 394 g/mol. The van der Waals surface area contributed by atoms with Crippen LogP contribution in [0, 0.1) is 6.92 Å². The summed E-state index contributed by atoms with van der Waals surface area (Å²) in [7, 11) is -3.54. The van der Waals surface area contributed by atoms with Crippen molar-refractivity contribution in [3.05, 3.63) is 23.8 Å². The van der Waals surface area contributed by atoms with Crippen LogP contribution in [0.1, 0.15) is 115 Å². The molecule has 30 heavy (non-hydrogen) atoms. The van der Waals surface area contributed by atoms with Crippen LogP contribution in [0.25, 0.3) is 0 Å². The van der Waals surface area contributed by atoms with Gasteiger partial charge in [-0.2, -0.15) is 0 Å². The van der Waals surface area contributed by atoms with E-state index in [2.05, 4.69) is 11.6 Å². The van der Waals surface area contributed by atoms with E-state index in [1.165, 1.54) is 102 Å². The summed E-state index contributed by atoms with van der Waals surface area (Å²) in [6.45, 7) is 4.46. The monoisotopic (exact) mass is 439 g/mol. The fourth-order valence-corrected chi connectivity index (χ4v) is 5.17. The lowest BCUT2D eigenvalue weighted by atomic mass is 10.0. The van der Waals surface area contributed by atoms with E-state index in [9.17, 15) is 13.5 Å². The molecule has 0 radical (unpaired) electrons. The molecular formula is C25H45NO3S. The highest BCUT2D eigenvalue weighted by molar-refractivity contribution is 7.89. The number of aryl methyl sites for hydroxylation is 1. The summed E-state index contributed by atoms with van der Waals surface area (Å²) < 4.78 is 27.3. The average Bonchev–Trinajstić information content (AvgIpc) is 2.72. The van der Waals surface area contributed by atoms with Crippen molar-refractivity contribution >= 4 is 10.0 Å². The van der Waals surface area contributed by atoms with Gasteiger partial charge in [0.2, 0.25) is 10.0 Å². The third-order valence-electron chi connectivity index (χ3n) is 5.78. The van der Waals surface area contributed by atoms with Crippen molar-refractivity contribution < 1.29 is 13.5 Å². The first kappa shape index (κ1) is 27.0. The number of rotatable bonds is 19. The Labute approximate surface area is 185 Å². The van der Waals surface area contributed by atoms with E-state index in [0.717, 1.165) is 12.8 Å². The van der Waals surface area contributed by atoms with Crippen LogP contribution in [0.4, 0.5) is 0 Å². The number of aromatic hydroxyl groups is 1. The van der Waals surface area contributed by atoms with Gasteiger partial charge in [-0.15, -0.1) is 0 Å². The summed E-state index contributed by atoms with van der Waals surface area (Å²) in [5.41, 5.74) is 0.646. The molecule has 0 amide bonds. The Kier molecular flexibility index (Phi) is 14.9. The zero-order valence-electron chi connectivity index (χ0n) is 19.4. The molecule has 0 bridgehead atoms. The Balaban J connectivity index is 1.92. The minimum Gasteiger partial charge on any atom is -0.508 e. The lowest BCUT2D eigenvalue weighted by Gasteiger charge is -2.09. The third kappa shape index (κ3) is 12.6. The molecule has 1 aromatic carbocycles. The first-order chi connectivity index (χ1) is 14.5. The topological polar surface area (TPSA) is 66.4 Å². The van der Waals surface area contributed by atoms with Crippen molar-refractivity contribution in [3.8, 4) is 5.75 Å². The lowest BCUT2D eigenvalue weighted by molar-refractivity contribution is 0.472. The van der Waals surface area contributed by atoms with E-state index in [1.54, 1.807) is 13.0 Å². The largest absolute Gasteiger partial charge is 0.508 e. The van der Waals surface area contributed by atoms with Gasteiger partial charge in [0.1, 0.15) is 5.75 Å². The molecule has 0 unspecified atom stereocenters. The van der Waals surface area contributed by atoms with Crippen molar-refractivity contribution in [1.82, 2.24) is 4.72 Å². The molecule has 0 saturated heterocycles. The number of phenols is 1. The molecule has 0 saturated carbocycles.